The molecular formula is C17H22N2O2S. The van der Waals surface area contributed by atoms with E-state index in [2.05, 4.69) is 41.5 Å². The van der Waals surface area contributed by atoms with Gasteiger partial charge in [0.2, 0.25) is 5.91 Å². The number of hydrogen-bond donors (Lipinski definition) is 1. The summed E-state index contributed by atoms with van der Waals surface area (Å²) in [6.07, 6.45) is 0.350. The van der Waals surface area contributed by atoms with Crippen molar-refractivity contribution in [3.05, 3.63) is 39.7 Å². The fourth-order valence-electron chi connectivity index (χ4n) is 2.29. The zero-order valence-electron chi connectivity index (χ0n) is 13.5. The van der Waals surface area contributed by atoms with Crippen LogP contribution in [0.5, 0.6) is 0 Å². The molecule has 1 heterocycles. The van der Waals surface area contributed by atoms with Crippen LogP contribution < -0.4 is 5.32 Å². The molecule has 1 aromatic carbocycles. The van der Waals surface area contributed by atoms with Crippen LogP contribution in [0.25, 0.3) is 11.3 Å². The highest BCUT2D eigenvalue weighted by molar-refractivity contribution is 7.12. The van der Waals surface area contributed by atoms with Gasteiger partial charge in [-0.25, -0.2) is 4.98 Å². The normalized spacial score (nSPS) is 12.2. The number of aryl methyl sites for hydroxylation is 2. The number of nitrogens with one attached hydrogen (secondary N) is 1. The third kappa shape index (κ3) is 4.39. The highest BCUT2D eigenvalue weighted by Crippen LogP contribution is 2.28. The lowest BCUT2D eigenvalue weighted by molar-refractivity contribution is -0.121. The van der Waals surface area contributed by atoms with Gasteiger partial charge in [0.15, 0.2) is 0 Å². The lowest BCUT2D eigenvalue weighted by Crippen LogP contribution is -2.36. The van der Waals surface area contributed by atoms with E-state index in [-0.39, 0.29) is 11.9 Å². The predicted molar refractivity (Wildman–Crippen MR) is 90.2 cm³/mol. The van der Waals surface area contributed by atoms with E-state index < -0.39 is 0 Å². The van der Waals surface area contributed by atoms with Gasteiger partial charge >= 0.3 is 0 Å². The van der Waals surface area contributed by atoms with E-state index in [9.17, 15) is 4.79 Å². The molecular weight excluding hydrogens is 296 g/mol. The van der Waals surface area contributed by atoms with Crippen molar-refractivity contribution in [1.82, 2.24) is 10.3 Å². The van der Waals surface area contributed by atoms with Crippen LogP contribution in [-0.4, -0.2) is 30.6 Å². The van der Waals surface area contributed by atoms with Crippen LogP contribution in [0.3, 0.4) is 0 Å². The van der Waals surface area contributed by atoms with Gasteiger partial charge in [0.05, 0.1) is 23.7 Å². The molecule has 0 spiro atoms. The molecule has 0 saturated heterocycles. The number of rotatable bonds is 6. The maximum absolute atomic E-state index is 12.2. The van der Waals surface area contributed by atoms with E-state index in [0.29, 0.717) is 13.0 Å². The third-order valence-electron chi connectivity index (χ3n) is 3.27. The summed E-state index contributed by atoms with van der Waals surface area (Å²) in [5, 5.41) is 3.92. The van der Waals surface area contributed by atoms with Crippen molar-refractivity contribution < 1.29 is 9.53 Å². The number of benzene rings is 1. The van der Waals surface area contributed by atoms with E-state index in [1.807, 2.05) is 13.8 Å². The Morgan fingerprint density at radius 1 is 1.32 bits per heavy atom. The predicted octanol–water partition coefficient (Wildman–Crippen LogP) is 3.12. The van der Waals surface area contributed by atoms with Gasteiger partial charge < -0.3 is 10.1 Å². The Bertz CT molecular complexity index is 635. The second-order valence-electron chi connectivity index (χ2n) is 5.47. The van der Waals surface area contributed by atoms with Gasteiger partial charge in [0.25, 0.3) is 0 Å². The number of methoxy groups -OCH3 is 1. The smallest absolute Gasteiger partial charge is 0.225 e. The monoisotopic (exact) mass is 318 g/mol. The summed E-state index contributed by atoms with van der Waals surface area (Å²) < 4.78 is 5.04. The highest BCUT2D eigenvalue weighted by Gasteiger charge is 2.16. The lowest BCUT2D eigenvalue weighted by Gasteiger charge is -2.12. The molecule has 1 N–H and O–H groups in total. The van der Waals surface area contributed by atoms with Gasteiger partial charge in [0, 0.05) is 23.6 Å². The first kappa shape index (κ1) is 16.6. The van der Waals surface area contributed by atoms with Crippen molar-refractivity contribution in [2.75, 3.05) is 13.7 Å². The van der Waals surface area contributed by atoms with Crippen LogP contribution in [0.2, 0.25) is 0 Å². The molecule has 0 radical (unpaired) electrons. The van der Waals surface area contributed by atoms with Crippen LogP contribution in [0.4, 0.5) is 0 Å². The molecule has 0 unspecified atom stereocenters. The molecule has 1 atom stereocenters. The fraction of sp³-hybridized carbons (Fsp3) is 0.412. The van der Waals surface area contributed by atoms with Gasteiger partial charge in [-0.3, -0.25) is 4.79 Å². The van der Waals surface area contributed by atoms with E-state index in [4.69, 9.17) is 4.74 Å². The first-order valence-corrected chi connectivity index (χ1v) is 8.13. The Morgan fingerprint density at radius 3 is 2.64 bits per heavy atom. The van der Waals surface area contributed by atoms with Crippen LogP contribution in [0, 0.1) is 13.8 Å². The summed E-state index contributed by atoms with van der Waals surface area (Å²) in [5.74, 6) is 0.00145. The summed E-state index contributed by atoms with van der Waals surface area (Å²) in [4.78, 5) is 17.8. The summed E-state index contributed by atoms with van der Waals surface area (Å²) in [6, 6.07) is 8.25. The van der Waals surface area contributed by atoms with Crippen molar-refractivity contribution >= 4 is 17.2 Å². The van der Waals surface area contributed by atoms with E-state index in [1.54, 1.807) is 18.4 Å². The zero-order chi connectivity index (χ0) is 16.1. The molecule has 0 bridgehead atoms. The summed E-state index contributed by atoms with van der Waals surface area (Å²) >= 11 is 1.58. The molecule has 118 valence electrons. The van der Waals surface area contributed by atoms with Gasteiger partial charge in [-0.2, -0.15) is 0 Å². The molecule has 1 aromatic heterocycles. The number of thiazole rings is 1. The summed E-state index contributed by atoms with van der Waals surface area (Å²) in [7, 11) is 1.63. The Kier molecular flexibility index (Phi) is 5.69. The van der Waals surface area contributed by atoms with Crippen molar-refractivity contribution in [3.63, 3.8) is 0 Å². The second kappa shape index (κ2) is 7.51. The maximum atomic E-state index is 12.2. The quantitative estimate of drug-likeness (QED) is 0.890. The average Bonchev–Trinajstić information content (AvgIpc) is 2.80. The number of hydrogen-bond acceptors (Lipinski definition) is 4. The molecule has 0 saturated carbocycles. The minimum absolute atomic E-state index is 0.00145. The minimum Gasteiger partial charge on any atom is -0.383 e. The third-order valence-corrected chi connectivity index (χ3v) is 4.25. The zero-order valence-corrected chi connectivity index (χ0v) is 14.3. The van der Waals surface area contributed by atoms with E-state index >= 15 is 0 Å². The number of carbonyl (C=O) groups is 1. The summed E-state index contributed by atoms with van der Waals surface area (Å²) in [5.41, 5.74) is 3.18. The number of carbonyl (C=O) groups excluding carboxylic acids is 1. The number of ether oxygens (including phenoxy) is 1. The molecule has 4 nitrogen and oxygen atoms in total. The van der Waals surface area contributed by atoms with Crippen LogP contribution in [0.1, 0.15) is 22.4 Å². The maximum Gasteiger partial charge on any atom is 0.225 e. The Labute approximate surface area is 135 Å². The molecule has 0 fully saturated rings. The van der Waals surface area contributed by atoms with Gasteiger partial charge in [-0.05, 0) is 20.8 Å². The number of amides is 1. The van der Waals surface area contributed by atoms with Crippen LogP contribution in [0.15, 0.2) is 24.3 Å². The Balaban J connectivity index is 2.15. The van der Waals surface area contributed by atoms with Crippen molar-refractivity contribution in [2.24, 2.45) is 0 Å². The fourth-order valence-corrected chi connectivity index (χ4v) is 3.25. The lowest BCUT2D eigenvalue weighted by atomic mass is 10.1. The average molecular weight is 318 g/mol. The van der Waals surface area contributed by atoms with Crippen LogP contribution in [-0.2, 0) is 16.0 Å². The minimum atomic E-state index is 0.00145. The summed E-state index contributed by atoms with van der Waals surface area (Å²) in [6.45, 7) is 6.47. The standard InChI is InChI=1S/C17H22N2O2S/c1-11-5-7-14(8-6-11)17-15(22-13(3)19-17)9-16(20)18-12(2)10-21-4/h5-8,12H,9-10H2,1-4H3,(H,18,20)/t12-/m1/s1. The van der Waals surface area contributed by atoms with Gasteiger partial charge in [0.1, 0.15) is 0 Å². The molecule has 0 aliphatic carbocycles. The Morgan fingerprint density at radius 2 is 2.00 bits per heavy atom. The molecule has 22 heavy (non-hydrogen) atoms. The molecule has 0 aliphatic rings. The molecule has 0 aliphatic heterocycles. The van der Waals surface area contributed by atoms with Crippen molar-refractivity contribution in [3.8, 4) is 11.3 Å². The van der Waals surface area contributed by atoms with Crippen molar-refractivity contribution in [1.29, 1.82) is 0 Å². The number of aromatic nitrogens is 1. The topological polar surface area (TPSA) is 51.2 Å². The van der Waals surface area contributed by atoms with Crippen LogP contribution >= 0.6 is 11.3 Å². The molecule has 2 rings (SSSR count). The first-order chi connectivity index (χ1) is 10.5. The van der Waals surface area contributed by atoms with Crippen molar-refractivity contribution in [2.45, 2.75) is 33.2 Å². The van der Waals surface area contributed by atoms with E-state index in [0.717, 1.165) is 21.1 Å². The second-order valence-corrected chi connectivity index (χ2v) is 6.76. The Hall–Kier alpha value is -1.72. The largest absolute Gasteiger partial charge is 0.383 e. The highest BCUT2D eigenvalue weighted by atomic mass is 32.1. The molecule has 2 aromatic rings. The SMILES string of the molecule is COC[C@@H](C)NC(=O)Cc1sc(C)nc1-c1ccc(C)cc1. The number of nitrogens with zero attached hydrogens (tertiary/aromatic N) is 1. The van der Waals surface area contributed by atoms with Gasteiger partial charge in [-0.15, -0.1) is 11.3 Å². The molecule has 5 heteroatoms. The first-order valence-electron chi connectivity index (χ1n) is 7.31. The molecule has 1 amide bonds. The van der Waals surface area contributed by atoms with Gasteiger partial charge in [-0.1, -0.05) is 29.8 Å². The van der Waals surface area contributed by atoms with E-state index in [1.165, 1.54) is 5.56 Å².